The van der Waals surface area contributed by atoms with E-state index in [4.69, 9.17) is 4.74 Å². The summed E-state index contributed by atoms with van der Waals surface area (Å²) in [6.45, 7) is 10.8. The summed E-state index contributed by atoms with van der Waals surface area (Å²) < 4.78 is 5.41. The van der Waals surface area contributed by atoms with Crippen LogP contribution in [0, 0.1) is 5.41 Å². The van der Waals surface area contributed by atoms with Crippen molar-refractivity contribution in [1.29, 1.82) is 0 Å². The van der Waals surface area contributed by atoms with Gasteiger partial charge in [-0.25, -0.2) is 0 Å². The third kappa shape index (κ3) is 4.73. The van der Waals surface area contributed by atoms with Crippen LogP contribution in [0.3, 0.4) is 0 Å². The zero-order chi connectivity index (χ0) is 17.7. The van der Waals surface area contributed by atoms with Gasteiger partial charge in [-0.1, -0.05) is 32.9 Å². The summed E-state index contributed by atoms with van der Waals surface area (Å²) in [5, 5.41) is 0. The molecule has 0 saturated carbocycles. The molecule has 1 aromatic rings. The van der Waals surface area contributed by atoms with Gasteiger partial charge in [0, 0.05) is 31.6 Å². The van der Waals surface area contributed by atoms with Crippen LogP contribution in [0.5, 0.6) is 5.75 Å². The van der Waals surface area contributed by atoms with Crippen molar-refractivity contribution in [2.24, 2.45) is 5.41 Å². The number of carbonyl (C=O) groups excluding carboxylic acids is 2. The van der Waals surface area contributed by atoms with Crippen LogP contribution < -0.4 is 4.74 Å². The summed E-state index contributed by atoms with van der Waals surface area (Å²) in [6.07, 6.45) is 0.389. The van der Waals surface area contributed by atoms with Crippen LogP contribution in [0.4, 0.5) is 0 Å². The highest BCUT2D eigenvalue weighted by Crippen LogP contribution is 2.19. The van der Waals surface area contributed by atoms with E-state index in [1.165, 1.54) is 0 Å². The summed E-state index contributed by atoms with van der Waals surface area (Å²) in [5.74, 6) is 1.09. The number of piperazine rings is 1. The predicted octanol–water partition coefficient (Wildman–Crippen LogP) is 2.34. The Labute approximate surface area is 144 Å². The highest BCUT2D eigenvalue weighted by atomic mass is 16.5. The smallest absolute Gasteiger partial charge is 0.228 e. The molecule has 0 bridgehead atoms. The Hall–Kier alpha value is -2.04. The van der Waals surface area contributed by atoms with Gasteiger partial charge >= 0.3 is 0 Å². The first-order valence-electron chi connectivity index (χ1n) is 8.60. The van der Waals surface area contributed by atoms with Crippen LogP contribution in [-0.2, 0) is 16.0 Å². The summed E-state index contributed by atoms with van der Waals surface area (Å²) in [7, 11) is 0. The van der Waals surface area contributed by atoms with Crippen molar-refractivity contribution in [3.05, 3.63) is 29.8 Å². The number of amides is 2. The topological polar surface area (TPSA) is 49.9 Å². The molecule has 0 atom stereocenters. The van der Waals surface area contributed by atoms with Crippen molar-refractivity contribution in [3.8, 4) is 5.75 Å². The zero-order valence-corrected chi connectivity index (χ0v) is 15.2. The molecule has 1 aliphatic rings. The molecule has 2 amide bonds. The lowest BCUT2D eigenvalue weighted by Gasteiger charge is -2.37. The lowest BCUT2D eigenvalue weighted by atomic mass is 9.94. The van der Waals surface area contributed by atoms with Crippen molar-refractivity contribution in [3.63, 3.8) is 0 Å². The minimum atomic E-state index is -0.367. The molecule has 0 radical (unpaired) electrons. The maximum Gasteiger partial charge on any atom is 0.228 e. The highest BCUT2D eigenvalue weighted by molar-refractivity contribution is 5.82. The van der Waals surface area contributed by atoms with E-state index in [9.17, 15) is 9.59 Å². The van der Waals surface area contributed by atoms with Gasteiger partial charge < -0.3 is 14.5 Å². The molecule has 5 heteroatoms. The number of rotatable bonds is 4. The molecule has 1 aromatic carbocycles. The van der Waals surface area contributed by atoms with E-state index in [1.807, 2.05) is 61.8 Å². The number of hydrogen-bond donors (Lipinski definition) is 0. The molecule has 0 aromatic heterocycles. The molecular weight excluding hydrogens is 304 g/mol. The van der Waals surface area contributed by atoms with Crippen molar-refractivity contribution in [2.75, 3.05) is 32.8 Å². The van der Waals surface area contributed by atoms with Gasteiger partial charge in [0.15, 0.2) is 0 Å². The van der Waals surface area contributed by atoms with Crippen molar-refractivity contribution < 1.29 is 14.3 Å². The Morgan fingerprint density at radius 2 is 1.54 bits per heavy atom. The minimum Gasteiger partial charge on any atom is -0.494 e. The standard InChI is InChI=1S/C19H28N2O3/c1-5-24-16-8-6-15(7-9-16)14-17(22)20-10-12-21(13-11-20)18(23)19(2,3)4/h6-9H,5,10-14H2,1-4H3. The fraction of sp³-hybridized carbons (Fsp3) is 0.579. The normalized spacial score (nSPS) is 15.3. The SMILES string of the molecule is CCOc1ccc(CC(=O)N2CCN(C(=O)C(C)(C)C)CC2)cc1. The molecule has 132 valence electrons. The van der Waals surface area contributed by atoms with Gasteiger partial charge in [0.1, 0.15) is 5.75 Å². The number of ether oxygens (including phenoxy) is 1. The molecule has 0 aliphatic carbocycles. The third-order valence-electron chi connectivity index (χ3n) is 4.15. The van der Waals surface area contributed by atoms with Gasteiger partial charge in [-0.15, -0.1) is 0 Å². The Kier molecular flexibility index (Phi) is 5.86. The number of carbonyl (C=O) groups is 2. The molecule has 5 nitrogen and oxygen atoms in total. The van der Waals surface area contributed by atoms with Crippen LogP contribution >= 0.6 is 0 Å². The summed E-state index contributed by atoms with van der Waals surface area (Å²) in [6, 6.07) is 7.66. The molecule has 1 heterocycles. The molecule has 1 fully saturated rings. The zero-order valence-electron chi connectivity index (χ0n) is 15.2. The van der Waals surface area contributed by atoms with Gasteiger partial charge in [0.05, 0.1) is 13.0 Å². The number of hydrogen-bond acceptors (Lipinski definition) is 3. The third-order valence-corrected chi connectivity index (χ3v) is 4.15. The van der Waals surface area contributed by atoms with E-state index < -0.39 is 0 Å². The van der Waals surface area contributed by atoms with Crippen molar-refractivity contribution in [1.82, 2.24) is 9.80 Å². The number of nitrogens with zero attached hydrogens (tertiary/aromatic N) is 2. The van der Waals surface area contributed by atoms with E-state index in [2.05, 4.69) is 0 Å². The first kappa shape index (κ1) is 18.3. The van der Waals surface area contributed by atoms with Gasteiger partial charge in [0.25, 0.3) is 0 Å². The van der Waals surface area contributed by atoms with Gasteiger partial charge in [-0.3, -0.25) is 9.59 Å². The maximum absolute atomic E-state index is 12.4. The number of benzene rings is 1. The largest absolute Gasteiger partial charge is 0.494 e. The maximum atomic E-state index is 12.4. The van der Waals surface area contributed by atoms with E-state index in [0.29, 0.717) is 39.2 Å². The van der Waals surface area contributed by atoms with Crippen molar-refractivity contribution in [2.45, 2.75) is 34.1 Å². The van der Waals surface area contributed by atoms with Crippen molar-refractivity contribution >= 4 is 11.8 Å². The molecule has 0 N–H and O–H groups in total. The highest BCUT2D eigenvalue weighted by Gasteiger charge is 2.30. The summed E-state index contributed by atoms with van der Waals surface area (Å²) in [5.41, 5.74) is 0.616. The van der Waals surface area contributed by atoms with E-state index in [-0.39, 0.29) is 17.2 Å². The molecule has 1 saturated heterocycles. The van der Waals surface area contributed by atoms with Gasteiger partial charge in [-0.05, 0) is 24.6 Å². The molecular formula is C19H28N2O3. The first-order chi connectivity index (χ1) is 11.3. The second kappa shape index (κ2) is 7.69. The second-order valence-electron chi connectivity index (χ2n) is 7.18. The molecule has 24 heavy (non-hydrogen) atoms. The van der Waals surface area contributed by atoms with E-state index in [0.717, 1.165) is 11.3 Å². The van der Waals surface area contributed by atoms with E-state index in [1.54, 1.807) is 0 Å². The van der Waals surface area contributed by atoms with Crippen LogP contribution in [-0.4, -0.2) is 54.4 Å². The first-order valence-corrected chi connectivity index (χ1v) is 8.60. The Morgan fingerprint density at radius 1 is 1.00 bits per heavy atom. The van der Waals surface area contributed by atoms with E-state index >= 15 is 0 Å². The Morgan fingerprint density at radius 3 is 2.04 bits per heavy atom. The summed E-state index contributed by atoms with van der Waals surface area (Å²) >= 11 is 0. The van der Waals surface area contributed by atoms with Crippen LogP contribution in [0.25, 0.3) is 0 Å². The molecule has 1 aliphatic heterocycles. The van der Waals surface area contributed by atoms with Gasteiger partial charge in [0.2, 0.25) is 11.8 Å². The van der Waals surface area contributed by atoms with Crippen LogP contribution in [0.15, 0.2) is 24.3 Å². The quantitative estimate of drug-likeness (QED) is 0.850. The lowest BCUT2D eigenvalue weighted by molar-refractivity contribution is -0.144. The minimum absolute atomic E-state index is 0.113. The molecule has 0 unspecified atom stereocenters. The Bertz CT molecular complexity index is 567. The fourth-order valence-corrected chi connectivity index (χ4v) is 2.79. The molecule has 2 rings (SSSR count). The van der Waals surface area contributed by atoms with Crippen LogP contribution in [0.2, 0.25) is 0 Å². The Balaban J connectivity index is 1.85. The average Bonchev–Trinajstić information content (AvgIpc) is 2.55. The lowest BCUT2D eigenvalue weighted by Crippen LogP contribution is -2.53. The van der Waals surface area contributed by atoms with Gasteiger partial charge in [-0.2, -0.15) is 0 Å². The average molecular weight is 332 g/mol. The second-order valence-corrected chi connectivity index (χ2v) is 7.18. The summed E-state index contributed by atoms with van der Waals surface area (Å²) in [4.78, 5) is 28.4. The monoisotopic (exact) mass is 332 g/mol. The fourth-order valence-electron chi connectivity index (χ4n) is 2.79. The molecule has 0 spiro atoms. The van der Waals surface area contributed by atoms with Crippen LogP contribution in [0.1, 0.15) is 33.3 Å². The predicted molar refractivity (Wildman–Crippen MR) is 93.9 cm³/mol.